The van der Waals surface area contributed by atoms with Crippen LogP contribution >= 0.6 is 15.9 Å². The molecule has 0 aliphatic heterocycles. The standard InChI is InChI=1S/C13H17BrN2O/c1-16(2)11-5-3-4-10(8-11)12(17)15-13(9-14)6-7-13/h3-5,8H,6-7,9H2,1-2H3,(H,15,17). The highest BCUT2D eigenvalue weighted by Crippen LogP contribution is 2.37. The van der Waals surface area contributed by atoms with E-state index in [-0.39, 0.29) is 11.4 Å². The molecule has 1 aliphatic rings. The minimum Gasteiger partial charge on any atom is -0.378 e. The first kappa shape index (κ1) is 12.4. The van der Waals surface area contributed by atoms with Crippen LogP contribution in [0, 0.1) is 0 Å². The van der Waals surface area contributed by atoms with Crippen LogP contribution in [0.3, 0.4) is 0 Å². The van der Waals surface area contributed by atoms with E-state index in [4.69, 9.17) is 0 Å². The number of carbonyl (C=O) groups excluding carboxylic acids is 1. The molecule has 4 heteroatoms. The maximum absolute atomic E-state index is 12.1. The number of nitrogens with one attached hydrogen (secondary N) is 1. The molecule has 0 bridgehead atoms. The summed E-state index contributed by atoms with van der Waals surface area (Å²) in [6.45, 7) is 0. The topological polar surface area (TPSA) is 32.3 Å². The van der Waals surface area contributed by atoms with Gasteiger partial charge in [-0.2, -0.15) is 0 Å². The summed E-state index contributed by atoms with van der Waals surface area (Å²) in [6.07, 6.45) is 2.13. The maximum atomic E-state index is 12.1. The number of carbonyl (C=O) groups is 1. The summed E-state index contributed by atoms with van der Waals surface area (Å²) in [5, 5.41) is 3.93. The minimum atomic E-state index is 0.00516. The zero-order valence-corrected chi connectivity index (χ0v) is 11.8. The molecule has 0 saturated heterocycles. The molecule has 92 valence electrons. The van der Waals surface area contributed by atoms with Crippen molar-refractivity contribution in [1.82, 2.24) is 5.32 Å². The van der Waals surface area contributed by atoms with Gasteiger partial charge in [0.05, 0.1) is 5.54 Å². The highest BCUT2D eigenvalue weighted by molar-refractivity contribution is 9.09. The van der Waals surface area contributed by atoms with Gasteiger partial charge in [0.15, 0.2) is 0 Å². The van der Waals surface area contributed by atoms with E-state index >= 15 is 0 Å². The molecule has 0 unspecified atom stereocenters. The average Bonchev–Trinajstić information content (AvgIpc) is 3.09. The molecular formula is C13H17BrN2O. The Labute approximate surface area is 110 Å². The number of amides is 1. The van der Waals surface area contributed by atoms with Crippen LogP contribution in [-0.4, -0.2) is 30.9 Å². The van der Waals surface area contributed by atoms with Crippen LogP contribution in [-0.2, 0) is 0 Å². The molecule has 0 heterocycles. The van der Waals surface area contributed by atoms with E-state index in [0.29, 0.717) is 0 Å². The van der Waals surface area contributed by atoms with E-state index in [1.54, 1.807) is 0 Å². The van der Waals surface area contributed by atoms with Crippen molar-refractivity contribution in [2.45, 2.75) is 18.4 Å². The van der Waals surface area contributed by atoms with E-state index in [9.17, 15) is 4.79 Å². The van der Waals surface area contributed by atoms with Crippen LogP contribution in [0.15, 0.2) is 24.3 Å². The second-order valence-electron chi connectivity index (χ2n) is 4.81. The second kappa shape index (κ2) is 4.69. The van der Waals surface area contributed by atoms with E-state index in [0.717, 1.165) is 29.4 Å². The molecule has 1 fully saturated rings. The lowest BCUT2D eigenvalue weighted by molar-refractivity contribution is 0.0936. The predicted molar refractivity (Wildman–Crippen MR) is 74.0 cm³/mol. The molecular weight excluding hydrogens is 280 g/mol. The predicted octanol–water partition coefficient (Wildman–Crippen LogP) is 2.41. The zero-order chi connectivity index (χ0) is 12.5. The fraction of sp³-hybridized carbons (Fsp3) is 0.462. The van der Waals surface area contributed by atoms with Crippen LogP contribution in [0.5, 0.6) is 0 Å². The Balaban J connectivity index is 2.11. The van der Waals surface area contributed by atoms with Gasteiger partial charge < -0.3 is 10.2 Å². The quantitative estimate of drug-likeness (QED) is 0.866. The van der Waals surface area contributed by atoms with E-state index in [1.807, 2.05) is 43.3 Å². The first-order valence-corrected chi connectivity index (χ1v) is 6.84. The molecule has 17 heavy (non-hydrogen) atoms. The van der Waals surface area contributed by atoms with Gasteiger partial charge in [-0.1, -0.05) is 22.0 Å². The number of hydrogen-bond acceptors (Lipinski definition) is 2. The first-order valence-electron chi connectivity index (χ1n) is 5.72. The molecule has 1 saturated carbocycles. The SMILES string of the molecule is CN(C)c1cccc(C(=O)NC2(CBr)CC2)c1. The number of halogens is 1. The Bertz CT molecular complexity index is 427. The molecule has 2 rings (SSSR count). The fourth-order valence-corrected chi connectivity index (χ4v) is 2.38. The smallest absolute Gasteiger partial charge is 0.251 e. The van der Waals surface area contributed by atoms with Crippen molar-refractivity contribution in [3.63, 3.8) is 0 Å². The molecule has 0 atom stereocenters. The molecule has 1 aromatic rings. The molecule has 3 nitrogen and oxygen atoms in total. The largest absolute Gasteiger partial charge is 0.378 e. The van der Waals surface area contributed by atoms with Crippen LogP contribution in [0.2, 0.25) is 0 Å². The van der Waals surface area contributed by atoms with Crippen molar-refractivity contribution in [3.8, 4) is 0 Å². The van der Waals surface area contributed by atoms with Gasteiger partial charge in [0.2, 0.25) is 0 Å². The van der Waals surface area contributed by atoms with E-state index in [1.165, 1.54) is 0 Å². The van der Waals surface area contributed by atoms with Crippen molar-refractivity contribution < 1.29 is 4.79 Å². The third-order valence-corrected chi connectivity index (χ3v) is 4.19. The lowest BCUT2D eigenvalue weighted by atomic mass is 10.1. The summed E-state index contributed by atoms with van der Waals surface area (Å²) in [5.74, 6) is 0.0191. The zero-order valence-electron chi connectivity index (χ0n) is 10.2. The molecule has 0 radical (unpaired) electrons. The highest BCUT2D eigenvalue weighted by Gasteiger charge is 2.42. The van der Waals surface area contributed by atoms with Gasteiger partial charge in [0, 0.05) is 30.7 Å². The summed E-state index contributed by atoms with van der Waals surface area (Å²) < 4.78 is 0. The summed E-state index contributed by atoms with van der Waals surface area (Å²) in [5.41, 5.74) is 1.77. The number of rotatable bonds is 4. The van der Waals surface area contributed by atoms with Gasteiger partial charge in [-0.05, 0) is 31.0 Å². The average molecular weight is 297 g/mol. The maximum Gasteiger partial charge on any atom is 0.251 e. The Kier molecular flexibility index (Phi) is 3.43. The van der Waals surface area contributed by atoms with Crippen LogP contribution < -0.4 is 10.2 Å². The van der Waals surface area contributed by atoms with Gasteiger partial charge in [-0.3, -0.25) is 4.79 Å². The lowest BCUT2D eigenvalue weighted by Gasteiger charge is -2.16. The van der Waals surface area contributed by atoms with E-state index in [2.05, 4.69) is 21.2 Å². The summed E-state index contributed by atoms with van der Waals surface area (Å²) in [6, 6.07) is 7.68. The minimum absolute atomic E-state index is 0.00516. The first-order chi connectivity index (χ1) is 8.06. The van der Waals surface area contributed by atoms with Crippen molar-refractivity contribution in [2.75, 3.05) is 24.3 Å². The van der Waals surface area contributed by atoms with E-state index < -0.39 is 0 Å². The Hall–Kier alpha value is -1.03. The van der Waals surface area contributed by atoms with Crippen molar-refractivity contribution in [2.24, 2.45) is 0 Å². The summed E-state index contributed by atoms with van der Waals surface area (Å²) in [7, 11) is 3.94. The van der Waals surface area contributed by atoms with Crippen LogP contribution in [0.25, 0.3) is 0 Å². The Morgan fingerprint density at radius 3 is 2.71 bits per heavy atom. The normalized spacial score (nSPS) is 16.4. The molecule has 0 spiro atoms. The molecule has 1 aliphatic carbocycles. The van der Waals surface area contributed by atoms with Crippen molar-refractivity contribution in [1.29, 1.82) is 0 Å². The summed E-state index contributed by atoms with van der Waals surface area (Å²) >= 11 is 3.45. The molecule has 1 N–H and O–H groups in total. The number of benzene rings is 1. The highest BCUT2D eigenvalue weighted by atomic mass is 79.9. The number of anilines is 1. The van der Waals surface area contributed by atoms with Gasteiger partial charge in [0.1, 0.15) is 0 Å². The van der Waals surface area contributed by atoms with Gasteiger partial charge in [-0.25, -0.2) is 0 Å². The number of hydrogen-bond donors (Lipinski definition) is 1. The Morgan fingerprint density at radius 1 is 1.47 bits per heavy atom. The van der Waals surface area contributed by atoms with Crippen molar-refractivity contribution in [3.05, 3.63) is 29.8 Å². The second-order valence-corrected chi connectivity index (χ2v) is 5.37. The van der Waals surface area contributed by atoms with Gasteiger partial charge in [-0.15, -0.1) is 0 Å². The molecule has 0 aromatic heterocycles. The summed E-state index contributed by atoms with van der Waals surface area (Å²) in [4.78, 5) is 14.1. The monoisotopic (exact) mass is 296 g/mol. The fourth-order valence-electron chi connectivity index (χ4n) is 1.68. The Morgan fingerprint density at radius 2 is 2.18 bits per heavy atom. The van der Waals surface area contributed by atoms with Crippen LogP contribution in [0.1, 0.15) is 23.2 Å². The lowest BCUT2D eigenvalue weighted by Crippen LogP contribution is -2.38. The number of alkyl halides is 1. The third kappa shape index (κ3) is 2.80. The number of nitrogens with zero attached hydrogens (tertiary/aromatic N) is 1. The van der Waals surface area contributed by atoms with Gasteiger partial charge in [0.25, 0.3) is 5.91 Å². The third-order valence-electron chi connectivity index (χ3n) is 3.11. The van der Waals surface area contributed by atoms with Gasteiger partial charge >= 0.3 is 0 Å². The van der Waals surface area contributed by atoms with Crippen LogP contribution in [0.4, 0.5) is 5.69 Å². The molecule has 1 aromatic carbocycles. The molecule has 1 amide bonds. The van der Waals surface area contributed by atoms with Crippen molar-refractivity contribution >= 4 is 27.5 Å².